The standard InChI is InChI=1S/C14H20N2O/c1-17-13-3-2-8-15-14(13)16-9-12(10-4-5-10)11-6-7-11/h2-3,8,10-12H,4-7,9H2,1H3,(H,15,16). The Bertz CT molecular complexity index is 374. The van der Waals surface area contributed by atoms with Crippen molar-refractivity contribution in [3.05, 3.63) is 18.3 Å². The Morgan fingerprint density at radius 3 is 2.65 bits per heavy atom. The van der Waals surface area contributed by atoms with E-state index < -0.39 is 0 Å². The Morgan fingerprint density at radius 1 is 1.35 bits per heavy atom. The number of pyridine rings is 1. The fraction of sp³-hybridized carbons (Fsp3) is 0.643. The van der Waals surface area contributed by atoms with Crippen molar-refractivity contribution in [3.8, 4) is 5.75 Å². The molecule has 92 valence electrons. The summed E-state index contributed by atoms with van der Waals surface area (Å²) in [6.07, 6.45) is 7.54. The molecule has 2 aliphatic rings. The molecule has 2 saturated carbocycles. The molecule has 0 amide bonds. The van der Waals surface area contributed by atoms with Crippen LogP contribution in [0, 0.1) is 17.8 Å². The maximum absolute atomic E-state index is 5.30. The number of ether oxygens (including phenoxy) is 1. The van der Waals surface area contributed by atoms with Crippen molar-refractivity contribution >= 4 is 5.82 Å². The van der Waals surface area contributed by atoms with Gasteiger partial charge in [-0.05, 0) is 55.6 Å². The zero-order valence-electron chi connectivity index (χ0n) is 10.4. The molecule has 1 aromatic heterocycles. The Morgan fingerprint density at radius 2 is 2.06 bits per heavy atom. The molecule has 0 atom stereocenters. The molecule has 0 saturated heterocycles. The minimum atomic E-state index is 0.845. The predicted octanol–water partition coefficient (Wildman–Crippen LogP) is 2.94. The van der Waals surface area contributed by atoms with Crippen LogP contribution in [-0.2, 0) is 0 Å². The van der Waals surface area contributed by atoms with Crippen molar-refractivity contribution < 1.29 is 4.74 Å². The summed E-state index contributed by atoms with van der Waals surface area (Å²) in [5.74, 6) is 4.55. The molecular weight excluding hydrogens is 212 g/mol. The third-order valence-corrected chi connectivity index (χ3v) is 3.95. The van der Waals surface area contributed by atoms with Crippen molar-refractivity contribution in [2.75, 3.05) is 19.0 Å². The molecule has 0 aliphatic heterocycles. The highest BCUT2D eigenvalue weighted by Gasteiger charge is 2.41. The second-order valence-electron chi connectivity index (χ2n) is 5.27. The number of rotatable bonds is 6. The van der Waals surface area contributed by atoms with Crippen molar-refractivity contribution in [2.45, 2.75) is 25.7 Å². The van der Waals surface area contributed by atoms with Gasteiger partial charge < -0.3 is 10.1 Å². The summed E-state index contributed by atoms with van der Waals surface area (Å²) in [5, 5.41) is 3.47. The first kappa shape index (κ1) is 10.9. The molecule has 0 bridgehead atoms. The minimum Gasteiger partial charge on any atom is -0.493 e. The molecule has 0 spiro atoms. The summed E-state index contributed by atoms with van der Waals surface area (Å²) in [7, 11) is 1.70. The van der Waals surface area contributed by atoms with Crippen LogP contribution in [0.5, 0.6) is 5.75 Å². The second kappa shape index (κ2) is 4.55. The van der Waals surface area contributed by atoms with Crippen LogP contribution in [0.1, 0.15) is 25.7 Å². The van der Waals surface area contributed by atoms with Crippen LogP contribution in [-0.4, -0.2) is 18.6 Å². The van der Waals surface area contributed by atoms with Crippen LogP contribution in [0.3, 0.4) is 0 Å². The van der Waals surface area contributed by atoms with Crippen molar-refractivity contribution in [2.24, 2.45) is 17.8 Å². The Balaban J connectivity index is 1.61. The summed E-state index contributed by atoms with van der Waals surface area (Å²) in [4.78, 5) is 4.34. The zero-order valence-corrected chi connectivity index (χ0v) is 10.4. The second-order valence-corrected chi connectivity index (χ2v) is 5.27. The normalized spacial score (nSPS) is 19.4. The summed E-state index contributed by atoms with van der Waals surface area (Å²) in [5.41, 5.74) is 0. The van der Waals surface area contributed by atoms with Crippen molar-refractivity contribution in [3.63, 3.8) is 0 Å². The molecule has 3 rings (SSSR count). The lowest BCUT2D eigenvalue weighted by molar-refractivity contribution is 0.409. The smallest absolute Gasteiger partial charge is 0.168 e. The van der Waals surface area contributed by atoms with Crippen LogP contribution in [0.15, 0.2) is 18.3 Å². The van der Waals surface area contributed by atoms with Crippen LogP contribution in [0.25, 0.3) is 0 Å². The summed E-state index contributed by atoms with van der Waals surface area (Å²) in [6, 6.07) is 3.86. The lowest BCUT2D eigenvalue weighted by Crippen LogP contribution is -2.19. The zero-order chi connectivity index (χ0) is 11.7. The monoisotopic (exact) mass is 232 g/mol. The first-order valence-corrected chi connectivity index (χ1v) is 6.61. The average Bonchev–Trinajstić information content (AvgIpc) is 3.23. The quantitative estimate of drug-likeness (QED) is 0.818. The van der Waals surface area contributed by atoms with Gasteiger partial charge in [0.1, 0.15) is 0 Å². The maximum Gasteiger partial charge on any atom is 0.168 e. The number of hydrogen-bond donors (Lipinski definition) is 1. The maximum atomic E-state index is 5.30. The molecule has 3 heteroatoms. The highest BCUT2D eigenvalue weighted by atomic mass is 16.5. The van der Waals surface area contributed by atoms with Gasteiger partial charge in [0.15, 0.2) is 11.6 Å². The molecule has 1 aromatic rings. The molecule has 2 aliphatic carbocycles. The predicted molar refractivity (Wildman–Crippen MR) is 68.2 cm³/mol. The van der Waals surface area contributed by atoms with E-state index in [2.05, 4.69) is 10.3 Å². The number of nitrogens with zero attached hydrogens (tertiary/aromatic N) is 1. The SMILES string of the molecule is COc1cccnc1NCC(C1CC1)C1CC1. The highest BCUT2D eigenvalue weighted by molar-refractivity contribution is 5.49. The molecule has 0 radical (unpaired) electrons. The van der Waals surface area contributed by atoms with Gasteiger partial charge in [-0.15, -0.1) is 0 Å². The minimum absolute atomic E-state index is 0.845. The number of anilines is 1. The van der Waals surface area contributed by atoms with Gasteiger partial charge in [0.05, 0.1) is 7.11 Å². The highest BCUT2D eigenvalue weighted by Crippen LogP contribution is 2.49. The van der Waals surface area contributed by atoms with Gasteiger partial charge in [-0.1, -0.05) is 0 Å². The van der Waals surface area contributed by atoms with E-state index >= 15 is 0 Å². The van der Waals surface area contributed by atoms with E-state index in [1.807, 2.05) is 18.3 Å². The van der Waals surface area contributed by atoms with E-state index in [1.165, 1.54) is 25.7 Å². The van der Waals surface area contributed by atoms with Crippen molar-refractivity contribution in [1.82, 2.24) is 4.98 Å². The Hall–Kier alpha value is -1.25. The number of aromatic nitrogens is 1. The average molecular weight is 232 g/mol. The van der Waals surface area contributed by atoms with Crippen molar-refractivity contribution in [1.29, 1.82) is 0 Å². The first-order chi connectivity index (χ1) is 8.38. The largest absolute Gasteiger partial charge is 0.493 e. The van der Waals surface area contributed by atoms with Gasteiger partial charge in [0.2, 0.25) is 0 Å². The number of nitrogens with one attached hydrogen (secondary N) is 1. The summed E-state index contributed by atoms with van der Waals surface area (Å²) < 4.78 is 5.30. The first-order valence-electron chi connectivity index (χ1n) is 6.61. The molecular formula is C14H20N2O. The fourth-order valence-corrected chi connectivity index (χ4v) is 2.67. The molecule has 0 unspecified atom stereocenters. The molecule has 1 N–H and O–H groups in total. The third-order valence-electron chi connectivity index (χ3n) is 3.95. The summed E-state index contributed by atoms with van der Waals surface area (Å²) >= 11 is 0. The lowest BCUT2D eigenvalue weighted by Gasteiger charge is -2.17. The van der Waals surface area contributed by atoms with E-state index in [1.54, 1.807) is 7.11 Å². The van der Waals surface area contributed by atoms with Crippen LogP contribution >= 0.6 is 0 Å². The Labute approximate surface area is 103 Å². The van der Waals surface area contributed by atoms with Crippen LogP contribution < -0.4 is 10.1 Å². The van der Waals surface area contributed by atoms with Crippen LogP contribution in [0.4, 0.5) is 5.82 Å². The van der Waals surface area contributed by atoms with Gasteiger partial charge in [-0.2, -0.15) is 0 Å². The lowest BCUT2D eigenvalue weighted by atomic mass is 9.98. The van der Waals surface area contributed by atoms with E-state index in [4.69, 9.17) is 4.74 Å². The topological polar surface area (TPSA) is 34.1 Å². The number of hydrogen-bond acceptors (Lipinski definition) is 3. The van der Waals surface area contributed by atoms with Gasteiger partial charge in [-0.3, -0.25) is 0 Å². The van der Waals surface area contributed by atoms with E-state index in [-0.39, 0.29) is 0 Å². The fourth-order valence-electron chi connectivity index (χ4n) is 2.67. The molecule has 1 heterocycles. The van der Waals surface area contributed by atoms with Gasteiger partial charge in [0.25, 0.3) is 0 Å². The van der Waals surface area contributed by atoms with Gasteiger partial charge in [0, 0.05) is 12.7 Å². The van der Waals surface area contributed by atoms with E-state index in [9.17, 15) is 0 Å². The summed E-state index contributed by atoms with van der Waals surface area (Å²) in [6.45, 7) is 1.06. The molecule has 17 heavy (non-hydrogen) atoms. The third kappa shape index (κ3) is 2.54. The van der Waals surface area contributed by atoms with E-state index in [0.717, 1.165) is 35.9 Å². The molecule has 3 nitrogen and oxygen atoms in total. The number of methoxy groups -OCH3 is 1. The molecule has 0 aromatic carbocycles. The molecule has 2 fully saturated rings. The van der Waals surface area contributed by atoms with Gasteiger partial charge >= 0.3 is 0 Å². The Kier molecular flexibility index (Phi) is 2.91. The van der Waals surface area contributed by atoms with Gasteiger partial charge in [-0.25, -0.2) is 4.98 Å². The van der Waals surface area contributed by atoms with Crippen LogP contribution in [0.2, 0.25) is 0 Å². The van der Waals surface area contributed by atoms with E-state index in [0.29, 0.717) is 0 Å².